The molecule has 1 aliphatic rings. The van der Waals surface area contributed by atoms with Crippen LogP contribution in [-0.2, 0) is 24.4 Å². The zero-order chi connectivity index (χ0) is 40.6. The summed E-state index contributed by atoms with van der Waals surface area (Å²) in [7, 11) is 0. The lowest BCUT2D eigenvalue weighted by molar-refractivity contribution is -0.275. The largest absolute Gasteiger partial charge is 0.573 e. The van der Waals surface area contributed by atoms with Crippen molar-refractivity contribution in [2.45, 2.75) is 32.3 Å². The van der Waals surface area contributed by atoms with Gasteiger partial charge in [-0.2, -0.15) is 0 Å². The Bertz CT molecular complexity index is 2500. The Kier molecular flexibility index (Phi) is 11.8. The van der Waals surface area contributed by atoms with E-state index in [-0.39, 0.29) is 42.6 Å². The first kappa shape index (κ1) is 39.5. The number of hydrogen-bond donors (Lipinski definition) is 1. The van der Waals surface area contributed by atoms with Gasteiger partial charge in [0, 0.05) is 35.9 Å². The van der Waals surface area contributed by atoms with Gasteiger partial charge in [-0.25, -0.2) is 14.8 Å². The van der Waals surface area contributed by atoms with Gasteiger partial charge in [0.2, 0.25) is 0 Å². The molecule has 0 aliphatic carbocycles. The molecule has 292 valence electrons. The van der Waals surface area contributed by atoms with Crippen LogP contribution in [0.1, 0.15) is 17.1 Å². The third-order valence-electron chi connectivity index (χ3n) is 7.46. The molecule has 0 spiro atoms. The average molecular weight is 794 g/mol. The van der Waals surface area contributed by atoms with E-state index in [0.717, 1.165) is 0 Å². The van der Waals surface area contributed by atoms with E-state index < -0.39 is 18.5 Å². The molecule has 20 heteroatoms. The summed E-state index contributed by atoms with van der Waals surface area (Å²) in [4.78, 5) is 47.6. The number of pyridine rings is 2. The quantitative estimate of drug-likeness (QED) is 0.137. The summed E-state index contributed by atoms with van der Waals surface area (Å²) in [5, 5.41) is 8.44. The number of aliphatic hydroxyl groups excluding tert-OH is 1. The minimum Gasteiger partial charge on any atom is -0.424 e. The number of esters is 1. The highest BCUT2D eigenvalue weighted by atomic mass is 19.4. The van der Waals surface area contributed by atoms with Crippen molar-refractivity contribution < 1.29 is 54.9 Å². The second-order valence-corrected chi connectivity index (χ2v) is 11.5. The number of hydrogen-bond acceptors (Lipinski definition) is 13. The third-order valence-corrected chi connectivity index (χ3v) is 7.46. The lowest BCUT2D eigenvalue weighted by Gasteiger charge is -2.09. The second-order valence-electron chi connectivity index (χ2n) is 11.5. The van der Waals surface area contributed by atoms with Crippen LogP contribution in [0.3, 0.4) is 0 Å². The number of benzene rings is 2. The summed E-state index contributed by atoms with van der Waals surface area (Å²) in [6.45, 7) is 0.0856. The minimum atomic E-state index is -4.76. The first-order valence-electron chi connectivity index (χ1n) is 16.3. The van der Waals surface area contributed by atoms with Gasteiger partial charge >= 0.3 is 24.5 Å². The number of halogens is 6. The number of aliphatic hydroxyl groups is 1. The zero-order valence-electron chi connectivity index (χ0n) is 28.8. The number of aromatic nitrogens is 7. The van der Waals surface area contributed by atoms with Crippen LogP contribution in [-0.4, -0.2) is 58.3 Å². The fraction of sp³-hybridized carbons (Fsp3) is 0.135. The molecule has 8 rings (SSSR count). The second kappa shape index (κ2) is 17.1. The summed E-state index contributed by atoms with van der Waals surface area (Å²) < 4.78 is 92.1. The SMILES string of the molecule is O=C1Cc2nc(-c3ccc(OC(F)(F)F)cc3)ccc2O1.O=c1oc2ccc(-c3ccc(OC(F)(F)F)cc3)nc2n1Cc1cnccn1.OCc1cnccn1. The monoisotopic (exact) mass is 793 g/mol. The zero-order valence-corrected chi connectivity index (χ0v) is 28.8. The van der Waals surface area contributed by atoms with Gasteiger partial charge in [-0.3, -0.25) is 29.3 Å². The van der Waals surface area contributed by atoms with Crippen molar-refractivity contribution >= 4 is 17.2 Å². The number of ether oxygens (including phenoxy) is 3. The standard InChI is InChI=1S/C18H11F3N4O3.C14H8F3NO3.C5H6N2O/c19-18(20,21)28-13-3-1-11(2-4-13)14-5-6-15-16(24-14)25(17(26)27-15)10-12-9-22-7-8-23-12;15-14(16,17)21-9-3-1-8(2-4-9)10-5-6-12-11(18-10)7-13(19)20-12;8-4-5-3-6-1-2-7-5/h1-9H,10H2;1-6H,7H2;1-3,8H,4H2. The molecule has 14 nitrogen and oxygen atoms in total. The van der Waals surface area contributed by atoms with Crippen LogP contribution in [0.25, 0.3) is 33.7 Å². The van der Waals surface area contributed by atoms with E-state index in [4.69, 9.17) is 14.3 Å². The highest BCUT2D eigenvalue weighted by Crippen LogP contribution is 2.30. The van der Waals surface area contributed by atoms with E-state index in [9.17, 15) is 35.9 Å². The van der Waals surface area contributed by atoms with Gasteiger partial charge < -0.3 is 23.7 Å². The van der Waals surface area contributed by atoms with Gasteiger partial charge in [0.15, 0.2) is 17.0 Å². The van der Waals surface area contributed by atoms with Crippen molar-refractivity contribution in [2.24, 2.45) is 0 Å². The molecular formula is C37H25F6N7O7. The minimum absolute atomic E-state index is 0.0339. The third kappa shape index (κ3) is 10.9. The Labute approximate surface area is 316 Å². The number of rotatable bonds is 7. The average Bonchev–Trinajstić information content (AvgIpc) is 3.72. The number of carbonyl (C=O) groups excluding carboxylic acids is 1. The Morgan fingerprint density at radius 1 is 0.684 bits per heavy atom. The van der Waals surface area contributed by atoms with Crippen molar-refractivity contribution in [1.82, 2.24) is 34.5 Å². The first-order valence-corrected chi connectivity index (χ1v) is 16.3. The molecule has 1 N–H and O–H groups in total. The summed E-state index contributed by atoms with van der Waals surface area (Å²) in [6, 6.07) is 17.1. The van der Waals surface area contributed by atoms with Crippen LogP contribution >= 0.6 is 0 Å². The summed E-state index contributed by atoms with van der Waals surface area (Å²) in [5.41, 5.74) is 4.43. The lowest BCUT2D eigenvalue weighted by Crippen LogP contribution is -2.17. The van der Waals surface area contributed by atoms with E-state index in [1.807, 2.05) is 0 Å². The van der Waals surface area contributed by atoms with Crippen LogP contribution in [0.15, 0.2) is 119 Å². The molecule has 0 bridgehead atoms. The van der Waals surface area contributed by atoms with E-state index in [1.54, 1.807) is 36.7 Å². The molecule has 0 atom stereocenters. The molecule has 0 saturated carbocycles. The molecule has 0 amide bonds. The van der Waals surface area contributed by atoms with E-state index >= 15 is 0 Å². The van der Waals surface area contributed by atoms with E-state index in [0.29, 0.717) is 51.0 Å². The van der Waals surface area contributed by atoms with Gasteiger partial charge in [0.1, 0.15) is 11.5 Å². The Hall–Kier alpha value is -7.22. The summed E-state index contributed by atoms with van der Waals surface area (Å²) in [5.74, 6) is -1.19. The molecule has 57 heavy (non-hydrogen) atoms. The molecule has 0 radical (unpaired) electrons. The van der Waals surface area contributed by atoms with Crippen molar-refractivity contribution in [3.05, 3.63) is 138 Å². The number of oxazole rings is 1. The summed E-state index contributed by atoms with van der Waals surface area (Å²) >= 11 is 0. The molecule has 0 saturated heterocycles. The Balaban J connectivity index is 0.000000166. The number of nitrogens with zero attached hydrogens (tertiary/aromatic N) is 7. The number of fused-ring (bicyclic) bond motifs is 2. The first-order chi connectivity index (χ1) is 27.2. The maximum absolute atomic E-state index is 12.3. The molecule has 2 aromatic carbocycles. The normalized spacial score (nSPS) is 12.1. The molecule has 0 fully saturated rings. The molecular weight excluding hydrogens is 768 g/mol. The number of alkyl halides is 6. The lowest BCUT2D eigenvalue weighted by atomic mass is 10.1. The summed E-state index contributed by atoms with van der Waals surface area (Å²) in [6.07, 6.45) is -0.192. The van der Waals surface area contributed by atoms with Crippen LogP contribution in [0, 0.1) is 0 Å². The van der Waals surface area contributed by atoms with Gasteiger partial charge in [-0.1, -0.05) is 0 Å². The molecule has 6 heterocycles. The van der Waals surface area contributed by atoms with Gasteiger partial charge in [0.25, 0.3) is 0 Å². The van der Waals surface area contributed by atoms with Crippen molar-refractivity contribution in [2.75, 3.05) is 0 Å². The highest BCUT2D eigenvalue weighted by molar-refractivity contribution is 5.80. The Morgan fingerprint density at radius 3 is 1.74 bits per heavy atom. The van der Waals surface area contributed by atoms with Gasteiger partial charge in [0.05, 0.1) is 60.4 Å². The van der Waals surface area contributed by atoms with E-state index in [1.165, 1.54) is 77.9 Å². The topological polar surface area (TPSA) is 177 Å². The number of carbonyl (C=O) groups is 1. The molecule has 1 aliphatic heterocycles. The fourth-order valence-corrected chi connectivity index (χ4v) is 5.05. The van der Waals surface area contributed by atoms with Crippen LogP contribution in [0.5, 0.6) is 17.2 Å². The molecule has 7 aromatic rings. The predicted molar refractivity (Wildman–Crippen MR) is 185 cm³/mol. The van der Waals surface area contributed by atoms with Crippen LogP contribution in [0.2, 0.25) is 0 Å². The van der Waals surface area contributed by atoms with Crippen molar-refractivity contribution in [3.63, 3.8) is 0 Å². The molecule has 0 unspecified atom stereocenters. The van der Waals surface area contributed by atoms with Crippen molar-refractivity contribution in [1.29, 1.82) is 0 Å². The smallest absolute Gasteiger partial charge is 0.424 e. The fourth-order valence-electron chi connectivity index (χ4n) is 5.05. The highest BCUT2D eigenvalue weighted by Gasteiger charge is 2.32. The van der Waals surface area contributed by atoms with Crippen molar-refractivity contribution in [3.8, 4) is 39.8 Å². The maximum atomic E-state index is 12.3. The van der Waals surface area contributed by atoms with Crippen LogP contribution in [0.4, 0.5) is 26.3 Å². The van der Waals surface area contributed by atoms with E-state index in [2.05, 4.69) is 39.4 Å². The predicted octanol–water partition coefficient (Wildman–Crippen LogP) is 6.47. The Morgan fingerprint density at radius 2 is 1.23 bits per heavy atom. The van der Waals surface area contributed by atoms with Gasteiger partial charge in [-0.15, -0.1) is 26.3 Å². The molecule has 5 aromatic heterocycles. The van der Waals surface area contributed by atoms with Gasteiger partial charge in [-0.05, 0) is 72.8 Å². The van der Waals surface area contributed by atoms with Crippen LogP contribution < -0.4 is 20.0 Å². The maximum Gasteiger partial charge on any atom is 0.573 e.